The van der Waals surface area contributed by atoms with Gasteiger partial charge in [0.15, 0.2) is 6.61 Å². The molecule has 0 amide bonds. The molecule has 19 heavy (non-hydrogen) atoms. The molecule has 3 nitrogen and oxygen atoms in total. The number of unbranched alkanes of at least 4 members (excludes halogenated alkanes) is 1. The van der Waals surface area contributed by atoms with Crippen molar-refractivity contribution in [1.82, 2.24) is 5.48 Å². The Morgan fingerprint density at radius 3 is 2.42 bits per heavy atom. The fourth-order valence-electron chi connectivity index (χ4n) is 1.31. The molecule has 1 aromatic carbocycles. The molecule has 0 unspecified atom stereocenters. The molecule has 0 aromatic heterocycles. The molecule has 0 atom stereocenters. The lowest BCUT2D eigenvalue weighted by atomic mass is 10.2. The van der Waals surface area contributed by atoms with E-state index in [2.05, 4.69) is 17.2 Å². The molecule has 1 N–H and O–H groups in total. The van der Waals surface area contributed by atoms with E-state index in [1.807, 2.05) is 0 Å². The van der Waals surface area contributed by atoms with Gasteiger partial charge in [0.05, 0.1) is 6.61 Å². The van der Waals surface area contributed by atoms with Crippen LogP contribution in [0.4, 0.5) is 13.2 Å². The Bertz CT molecular complexity index is 352. The molecule has 6 heteroatoms. The number of hydrogen-bond donors (Lipinski definition) is 1. The average Bonchev–Trinajstić information content (AvgIpc) is 2.36. The first-order chi connectivity index (χ1) is 9.01. The summed E-state index contributed by atoms with van der Waals surface area (Å²) in [5, 5.41) is 0. The number of ether oxygens (including phenoxy) is 1. The molecular formula is C13H18F3NO2. The first-order valence-electron chi connectivity index (χ1n) is 6.14. The highest BCUT2D eigenvalue weighted by Gasteiger charge is 2.27. The van der Waals surface area contributed by atoms with Gasteiger partial charge in [-0.3, -0.25) is 4.84 Å². The van der Waals surface area contributed by atoms with Gasteiger partial charge in [0, 0.05) is 6.54 Å². The molecule has 1 rings (SSSR count). The summed E-state index contributed by atoms with van der Waals surface area (Å²) in [4.78, 5) is 4.31. The third-order valence-electron chi connectivity index (χ3n) is 2.30. The van der Waals surface area contributed by atoms with Crippen LogP contribution in [0, 0.1) is 0 Å². The highest BCUT2D eigenvalue weighted by Crippen LogP contribution is 2.14. The molecule has 1 aromatic rings. The van der Waals surface area contributed by atoms with Gasteiger partial charge in [-0.25, -0.2) is 0 Å². The van der Waals surface area contributed by atoms with E-state index in [9.17, 15) is 13.2 Å². The topological polar surface area (TPSA) is 30.5 Å². The Morgan fingerprint density at radius 1 is 1.16 bits per heavy atom. The standard InChI is InChI=1S/C13H18F3NO2/c1-2-3-8-18-12-6-4-11(5-7-12)9-17-19-10-13(14,15)16/h4-7,17H,2-3,8-10H2,1H3. The van der Waals surface area contributed by atoms with E-state index in [4.69, 9.17) is 4.74 Å². The van der Waals surface area contributed by atoms with Crippen LogP contribution in [0.15, 0.2) is 24.3 Å². The summed E-state index contributed by atoms with van der Waals surface area (Å²) in [6.07, 6.45) is -2.25. The predicted octanol–water partition coefficient (Wildman–Crippen LogP) is 3.45. The first-order valence-corrected chi connectivity index (χ1v) is 6.14. The smallest absolute Gasteiger partial charge is 0.413 e. The van der Waals surface area contributed by atoms with Crippen LogP contribution in [0.1, 0.15) is 25.3 Å². The zero-order valence-electron chi connectivity index (χ0n) is 10.8. The maximum Gasteiger partial charge on any atom is 0.413 e. The molecule has 0 fully saturated rings. The third kappa shape index (κ3) is 7.69. The minimum absolute atomic E-state index is 0.214. The van der Waals surface area contributed by atoms with Gasteiger partial charge >= 0.3 is 6.18 Å². The largest absolute Gasteiger partial charge is 0.494 e. The molecule has 0 aliphatic carbocycles. The minimum atomic E-state index is -4.32. The van der Waals surface area contributed by atoms with Gasteiger partial charge in [0.25, 0.3) is 0 Å². The molecule has 0 radical (unpaired) electrons. The number of hydroxylamine groups is 1. The quantitative estimate of drug-likeness (QED) is 0.583. The van der Waals surface area contributed by atoms with Crippen molar-refractivity contribution in [2.45, 2.75) is 32.5 Å². The van der Waals surface area contributed by atoms with E-state index in [0.717, 1.165) is 24.2 Å². The van der Waals surface area contributed by atoms with Crippen molar-refractivity contribution >= 4 is 0 Å². The maximum atomic E-state index is 11.8. The second-order valence-electron chi connectivity index (χ2n) is 4.07. The van der Waals surface area contributed by atoms with E-state index in [0.29, 0.717) is 6.61 Å². The van der Waals surface area contributed by atoms with Crippen LogP contribution in [0.3, 0.4) is 0 Å². The van der Waals surface area contributed by atoms with Gasteiger partial charge in [-0.05, 0) is 24.1 Å². The summed E-state index contributed by atoms with van der Waals surface area (Å²) in [5.41, 5.74) is 3.09. The van der Waals surface area contributed by atoms with Gasteiger partial charge in [0.1, 0.15) is 5.75 Å². The van der Waals surface area contributed by atoms with Crippen LogP contribution in [0.5, 0.6) is 5.75 Å². The SMILES string of the molecule is CCCCOc1ccc(CNOCC(F)(F)F)cc1. The monoisotopic (exact) mass is 277 g/mol. The number of hydrogen-bond acceptors (Lipinski definition) is 3. The second-order valence-corrected chi connectivity index (χ2v) is 4.07. The molecule has 0 bridgehead atoms. The molecule has 0 aliphatic rings. The summed E-state index contributed by atoms with van der Waals surface area (Å²) in [6, 6.07) is 7.14. The first kappa shape index (κ1) is 15.8. The summed E-state index contributed by atoms with van der Waals surface area (Å²) in [7, 11) is 0. The Hall–Kier alpha value is -1.27. The lowest BCUT2D eigenvalue weighted by Crippen LogP contribution is -2.24. The molecule has 0 spiro atoms. The van der Waals surface area contributed by atoms with Crippen LogP contribution in [0.25, 0.3) is 0 Å². The van der Waals surface area contributed by atoms with Crippen molar-refractivity contribution in [3.8, 4) is 5.75 Å². The van der Waals surface area contributed by atoms with Crippen molar-refractivity contribution in [1.29, 1.82) is 0 Å². The summed E-state index contributed by atoms with van der Waals surface area (Å²) in [6.45, 7) is 1.67. The number of nitrogens with one attached hydrogen (secondary N) is 1. The fourth-order valence-corrected chi connectivity index (χ4v) is 1.31. The van der Waals surface area contributed by atoms with Crippen LogP contribution in [0.2, 0.25) is 0 Å². The molecular weight excluding hydrogens is 259 g/mol. The summed E-state index contributed by atoms with van der Waals surface area (Å²) < 4.78 is 40.9. The number of halogens is 3. The normalized spacial score (nSPS) is 11.6. The number of benzene rings is 1. The Balaban J connectivity index is 2.24. The third-order valence-corrected chi connectivity index (χ3v) is 2.30. The van der Waals surface area contributed by atoms with E-state index in [1.54, 1.807) is 24.3 Å². The molecule has 0 aliphatic heterocycles. The van der Waals surface area contributed by atoms with Gasteiger partial charge < -0.3 is 4.74 Å². The number of alkyl halides is 3. The Morgan fingerprint density at radius 2 is 1.84 bits per heavy atom. The van der Waals surface area contributed by atoms with Crippen LogP contribution < -0.4 is 10.2 Å². The maximum absolute atomic E-state index is 11.8. The summed E-state index contributed by atoms with van der Waals surface area (Å²) in [5.74, 6) is 0.758. The van der Waals surface area contributed by atoms with Crippen molar-refractivity contribution in [3.63, 3.8) is 0 Å². The van der Waals surface area contributed by atoms with Crippen LogP contribution >= 0.6 is 0 Å². The van der Waals surface area contributed by atoms with Crippen molar-refractivity contribution < 1.29 is 22.7 Å². The van der Waals surface area contributed by atoms with Crippen LogP contribution in [-0.2, 0) is 11.4 Å². The van der Waals surface area contributed by atoms with E-state index in [1.165, 1.54) is 0 Å². The van der Waals surface area contributed by atoms with E-state index in [-0.39, 0.29) is 6.54 Å². The van der Waals surface area contributed by atoms with Gasteiger partial charge in [-0.2, -0.15) is 18.7 Å². The lowest BCUT2D eigenvalue weighted by Gasteiger charge is -2.09. The lowest BCUT2D eigenvalue weighted by molar-refractivity contribution is -0.190. The van der Waals surface area contributed by atoms with Gasteiger partial charge in [0.2, 0.25) is 0 Å². The molecule has 0 saturated carbocycles. The van der Waals surface area contributed by atoms with E-state index >= 15 is 0 Å². The average molecular weight is 277 g/mol. The number of rotatable bonds is 8. The molecule has 0 saturated heterocycles. The zero-order valence-corrected chi connectivity index (χ0v) is 10.8. The highest BCUT2D eigenvalue weighted by atomic mass is 19.4. The van der Waals surface area contributed by atoms with E-state index < -0.39 is 12.8 Å². The highest BCUT2D eigenvalue weighted by molar-refractivity contribution is 5.27. The zero-order chi connectivity index (χ0) is 14.1. The minimum Gasteiger partial charge on any atom is -0.494 e. The van der Waals surface area contributed by atoms with Gasteiger partial charge in [-0.1, -0.05) is 25.5 Å². The van der Waals surface area contributed by atoms with Crippen LogP contribution in [-0.4, -0.2) is 19.4 Å². The predicted molar refractivity (Wildman–Crippen MR) is 65.7 cm³/mol. The summed E-state index contributed by atoms with van der Waals surface area (Å²) >= 11 is 0. The Labute approximate surface area is 110 Å². The Kier molecular flexibility index (Phi) is 6.66. The van der Waals surface area contributed by atoms with Crippen molar-refractivity contribution in [2.24, 2.45) is 0 Å². The fraction of sp³-hybridized carbons (Fsp3) is 0.538. The molecule has 0 heterocycles. The molecule has 108 valence electrons. The van der Waals surface area contributed by atoms with Crippen molar-refractivity contribution in [2.75, 3.05) is 13.2 Å². The second kappa shape index (κ2) is 8.01. The van der Waals surface area contributed by atoms with Crippen molar-refractivity contribution in [3.05, 3.63) is 29.8 Å². The van der Waals surface area contributed by atoms with Gasteiger partial charge in [-0.15, -0.1) is 0 Å².